The highest BCUT2D eigenvalue weighted by molar-refractivity contribution is 6.42. The summed E-state index contributed by atoms with van der Waals surface area (Å²) in [5.74, 6) is -2.30. The highest BCUT2D eigenvalue weighted by atomic mass is 35.5. The number of carbonyl (C=O) groups is 1. The van der Waals surface area contributed by atoms with Crippen LogP contribution in [0.2, 0.25) is 15.1 Å². The number of Topliss-reactive ketones (excluding diaryl/α,β-unsaturated/α-hetero) is 1. The molecule has 1 heterocycles. The Morgan fingerprint density at radius 3 is 2.13 bits per heavy atom. The molecule has 0 spiro atoms. The molecule has 31 heavy (non-hydrogen) atoms. The van der Waals surface area contributed by atoms with E-state index in [0.29, 0.717) is 16.9 Å². The van der Waals surface area contributed by atoms with Crippen LogP contribution >= 0.6 is 34.8 Å². The molecule has 0 aliphatic carbocycles. The van der Waals surface area contributed by atoms with Crippen LogP contribution in [0, 0.1) is 5.92 Å². The molecule has 7 heteroatoms. The van der Waals surface area contributed by atoms with Gasteiger partial charge in [0.25, 0.3) is 5.92 Å². The molecular weight excluding hydrogens is 463 g/mol. The predicted molar refractivity (Wildman–Crippen MR) is 127 cm³/mol. The number of ketones is 1. The standard InChI is InChI=1S/C15H22Cl2.C9H8ClF2NO/c1-4-7-12(8-5-2)11(3)13-9-6-10-14(16)15(13)17;1-5(14)8-7(10)6(3-4-13-8)9(2,11)12/h6,9-12H,4-5,7-8H2,1-3H3;3-4H,1-2H3. The quantitative estimate of drug-likeness (QED) is 0.343. The van der Waals surface area contributed by atoms with E-state index < -0.39 is 11.7 Å². The summed E-state index contributed by atoms with van der Waals surface area (Å²) in [6, 6.07) is 7.07. The number of halogens is 5. The zero-order valence-electron chi connectivity index (χ0n) is 18.6. The van der Waals surface area contributed by atoms with Crippen LogP contribution in [0.1, 0.15) is 87.8 Å². The van der Waals surface area contributed by atoms with Crippen molar-refractivity contribution in [3.05, 3.63) is 62.4 Å². The molecule has 0 aliphatic rings. The smallest absolute Gasteiger partial charge is 0.272 e. The minimum Gasteiger partial charge on any atom is -0.293 e. The first-order chi connectivity index (χ1) is 14.4. The van der Waals surface area contributed by atoms with E-state index in [1.807, 2.05) is 12.1 Å². The van der Waals surface area contributed by atoms with Gasteiger partial charge in [-0.25, -0.2) is 8.78 Å². The first-order valence-electron chi connectivity index (χ1n) is 10.4. The summed E-state index contributed by atoms with van der Waals surface area (Å²) in [6.45, 7) is 8.71. The SMILES string of the molecule is CC(=O)c1nccc(C(C)(F)F)c1Cl.CCCC(CCC)C(C)c1cccc(Cl)c1Cl. The molecule has 0 bridgehead atoms. The van der Waals surface area contributed by atoms with Crippen molar-refractivity contribution in [2.24, 2.45) is 5.92 Å². The van der Waals surface area contributed by atoms with Crippen molar-refractivity contribution in [3.63, 3.8) is 0 Å². The minimum atomic E-state index is -3.07. The van der Waals surface area contributed by atoms with E-state index in [-0.39, 0.29) is 16.3 Å². The topological polar surface area (TPSA) is 30.0 Å². The Kier molecular flexibility index (Phi) is 11.4. The number of carbonyl (C=O) groups excluding carboxylic acids is 1. The second-order valence-electron chi connectivity index (χ2n) is 7.73. The van der Waals surface area contributed by atoms with Crippen LogP contribution < -0.4 is 0 Å². The molecule has 0 N–H and O–H groups in total. The van der Waals surface area contributed by atoms with Gasteiger partial charge in [-0.2, -0.15) is 0 Å². The summed E-state index contributed by atoms with van der Waals surface area (Å²) in [5.41, 5.74) is 0.705. The highest BCUT2D eigenvalue weighted by Gasteiger charge is 2.29. The lowest BCUT2D eigenvalue weighted by Crippen LogP contribution is -2.11. The van der Waals surface area contributed by atoms with E-state index in [2.05, 4.69) is 31.8 Å². The maximum atomic E-state index is 12.9. The normalized spacial score (nSPS) is 12.4. The minimum absolute atomic E-state index is 0.120. The third kappa shape index (κ3) is 8.00. The first kappa shape index (κ1) is 27.8. The summed E-state index contributed by atoms with van der Waals surface area (Å²) in [5, 5.41) is 1.13. The molecule has 1 aromatic carbocycles. The van der Waals surface area contributed by atoms with Gasteiger partial charge in [0, 0.05) is 25.6 Å². The van der Waals surface area contributed by atoms with Gasteiger partial charge in [-0.15, -0.1) is 0 Å². The van der Waals surface area contributed by atoms with Gasteiger partial charge in [-0.3, -0.25) is 9.78 Å². The summed E-state index contributed by atoms with van der Waals surface area (Å²) >= 11 is 18.0. The van der Waals surface area contributed by atoms with Crippen LogP contribution in [0.15, 0.2) is 30.5 Å². The molecule has 2 aromatic rings. The molecule has 172 valence electrons. The Bertz CT molecular complexity index is 862. The van der Waals surface area contributed by atoms with Crippen LogP contribution in [-0.4, -0.2) is 10.8 Å². The number of nitrogens with zero attached hydrogens (tertiary/aromatic N) is 1. The molecule has 0 radical (unpaired) electrons. The molecule has 0 amide bonds. The number of benzene rings is 1. The van der Waals surface area contributed by atoms with Crippen molar-refractivity contribution in [2.45, 2.75) is 72.1 Å². The van der Waals surface area contributed by atoms with Crippen molar-refractivity contribution in [1.29, 1.82) is 0 Å². The van der Waals surface area contributed by atoms with Crippen molar-refractivity contribution in [3.8, 4) is 0 Å². The third-order valence-corrected chi connectivity index (χ3v) is 6.41. The molecular formula is C24H30Cl3F2NO. The van der Waals surface area contributed by atoms with Crippen molar-refractivity contribution in [1.82, 2.24) is 4.98 Å². The Hall–Kier alpha value is -1.23. The van der Waals surface area contributed by atoms with Crippen molar-refractivity contribution < 1.29 is 13.6 Å². The highest BCUT2D eigenvalue weighted by Crippen LogP contribution is 2.38. The molecule has 0 saturated carbocycles. The van der Waals surface area contributed by atoms with Crippen molar-refractivity contribution in [2.75, 3.05) is 0 Å². The average molecular weight is 493 g/mol. The lowest BCUT2D eigenvalue weighted by Gasteiger charge is -2.24. The van der Waals surface area contributed by atoms with E-state index in [0.717, 1.165) is 24.2 Å². The van der Waals surface area contributed by atoms with Gasteiger partial charge in [0.05, 0.1) is 15.1 Å². The molecule has 1 atom stereocenters. The molecule has 1 aromatic heterocycles. The fraction of sp³-hybridized carbons (Fsp3) is 0.500. The number of hydrogen-bond donors (Lipinski definition) is 0. The molecule has 1 unspecified atom stereocenters. The monoisotopic (exact) mass is 491 g/mol. The Balaban J connectivity index is 0.000000316. The molecule has 0 aliphatic heterocycles. The number of hydrogen-bond acceptors (Lipinski definition) is 2. The van der Waals surface area contributed by atoms with Gasteiger partial charge in [0.1, 0.15) is 5.69 Å². The molecule has 2 nitrogen and oxygen atoms in total. The summed E-state index contributed by atoms with van der Waals surface area (Å²) in [4.78, 5) is 14.6. The van der Waals surface area contributed by atoms with Gasteiger partial charge < -0.3 is 0 Å². The van der Waals surface area contributed by atoms with Crippen LogP contribution in [0.4, 0.5) is 8.78 Å². The van der Waals surface area contributed by atoms with Crippen molar-refractivity contribution >= 4 is 40.6 Å². The first-order valence-corrected chi connectivity index (χ1v) is 11.6. The van der Waals surface area contributed by atoms with Crippen LogP contribution in [0.5, 0.6) is 0 Å². The van der Waals surface area contributed by atoms with Crippen LogP contribution in [-0.2, 0) is 5.92 Å². The lowest BCUT2D eigenvalue weighted by molar-refractivity contribution is 0.0174. The average Bonchev–Trinajstić information content (AvgIpc) is 2.69. The predicted octanol–water partition coefficient (Wildman–Crippen LogP) is 9.36. The summed E-state index contributed by atoms with van der Waals surface area (Å²) in [6.07, 6.45) is 6.13. The summed E-state index contributed by atoms with van der Waals surface area (Å²) < 4.78 is 25.9. The zero-order chi connectivity index (χ0) is 23.8. The van der Waals surface area contributed by atoms with E-state index in [1.54, 1.807) is 0 Å². The number of alkyl halides is 2. The van der Waals surface area contributed by atoms with E-state index in [4.69, 9.17) is 34.8 Å². The van der Waals surface area contributed by atoms with Crippen LogP contribution in [0.3, 0.4) is 0 Å². The molecule has 0 saturated heterocycles. The summed E-state index contributed by atoms with van der Waals surface area (Å²) in [7, 11) is 0. The number of rotatable bonds is 8. The van der Waals surface area contributed by atoms with Gasteiger partial charge in [-0.1, -0.05) is 93.4 Å². The van der Waals surface area contributed by atoms with E-state index in [1.165, 1.54) is 38.2 Å². The third-order valence-electron chi connectivity index (χ3n) is 5.19. The molecule has 2 rings (SSSR count). The van der Waals surface area contributed by atoms with Crippen LogP contribution in [0.25, 0.3) is 0 Å². The molecule has 0 fully saturated rings. The fourth-order valence-electron chi connectivity index (χ4n) is 3.54. The Morgan fingerprint density at radius 1 is 1.06 bits per heavy atom. The largest absolute Gasteiger partial charge is 0.293 e. The van der Waals surface area contributed by atoms with Gasteiger partial charge in [0.2, 0.25) is 0 Å². The fourth-order valence-corrected chi connectivity index (χ4v) is 4.43. The van der Waals surface area contributed by atoms with Gasteiger partial charge in [-0.05, 0) is 29.5 Å². The number of aromatic nitrogens is 1. The lowest BCUT2D eigenvalue weighted by atomic mass is 9.82. The second-order valence-corrected chi connectivity index (χ2v) is 8.90. The van der Waals surface area contributed by atoms with Gasteiger partial charge in [0.15, 0.2) is 5.78 Å². The Labute approximate surface area is 199 Å². The Morgan fingerprint density at radius 2 is 1.65 bits per heavy atom. The number of pyridine rings is 1. The zero-order valence-corrected chi connectivity index (χ0v) is 20.9. The maximum absolute atomic E-state index is 12.9. The van der Waals surface area contributed by atoms with E-state index in [9.17, 15) is 13.6 Å². The van der Waals surface area contributed by atoms with E-state index >= 15 is 0 Å². The van der Waals surface area contributed by atoms with Gasteiger partial charge >= 0.3 is 0 Å². The second kappa shape index (κ2) is 12.7. The maximum Gasteiger partial charge on any atom is 0.272 e.